The number of hydrogen-bond donors (Lipinski definition) is 4. The summed E-state index contributed by atoms with van der Waals surface area (Å²) in [5, 5.41) is 19.3. The van der Waals surface area contributed by atoms with Gasteiger partial charge in [0.2, 0.25) is 0 Å². The van der Waals surface area contributed by atoms with Crippen LogP contribution in [0, 0.1) is 20.8 Å². The molecule has 4 N–H and O–H groups in total. The van der Waals surface area contributed by atoms with E-state index in [0.717, 1.165) is 56.1 Å². The molecule has 2 rings (SSSR count). The Labute approximate surface area is 139 Å². The lowest BCUT2D eigenvalue weighted by molar-refractivity contribution is -1.01. The second-order valence-electron chi connectivity index (χ2n) is 6.87. The average molecular weight is 324 g/mol. The van der Waals surface area contributed by atoms with Crippen LogP contribution in [0.5, 0.6) is 5.75 Å². The monoisotopic (exact) mass is 324 g/mol. The van der Waals surface area contributed by atoms with Gasteiger partial charge in [-0.2, -0.15) is 0 Å². The molecule has 130 valence electrons. The minimum absolute atomic E-state index is 0.260. The number of benzene rings is 1. The van der Waals surface area contributed by atoms with Crippen molar-refractivity contribution >= 4 is 0 Å². The van der Waals surface area contributed by atoms with Gasteiger partial charge in [-0.25, -0.2) is 0 Å². The first-order valence-corrected chi connectivity index (χ1v) is 8.66. The number of aryl methyl sites for hydroxylation is 3. The van der Waals surface area contributed by atoms with Crippen LogP contribution in [0.3, 0.4) is 0 Å². The molecule has 0 aromatic heterocycles. The van der Waals surface area contributed by atoms with Crippen LogP contribution in [0.4, 0.5) is 0 Å². The molecule has 1 saturated heterocycles. The molecule has 5 heteroatoms. The van der Waals surface area contributed by atoms with Crippen molar-refractivity contribution < 1.29 is 24.7 Å². The van der Waals surface area contributed by atoms with E-state index in [2.05, 4.69) is 32.9 Å². The second kappa shape index (κ2) is 8.64. The van der Waals surface area contributed by atoms with Crippen LogP contribution in [0.15, 0.2) is 12.1 Å². The molecule has 0 radical (unpaired) electrons. The lowest BCUT2D eigenvalue weighted by atomic mass is 10.1. The molecule has 0 amide bonds. The molecule has 1 aromatic carbocycles. The zero-order chi connectivity index (χ0) is 16.8. The molecular weight excluding hydrogens is 292 g/mol. The van der Waals surface area contributed by atoms with Gasteiger partial charge in [0, 0.05) is 0 Å². The summed E-state index contributed by atoms with van der Waals surface area (Å²) in [5.74, 6) is 0.904. The molecule has 1 aliphatic heterocycles. The number of nitrogens with one attached hydrogen (secondary N) is 2. The highest BCUT2D eigenvalue weighted by Crippen LogP contribution is 2.24. The summed E-state index contributed by atoms with van der Waals surface area (Å²) < 4.78 is 5.88. The maximum atomic E-state index is 10.3. The van der Waals surface area contributed by atoms with Crippen LogP contribution in [0.1, 0.15) is 16.7 Å². The van der Waals surface area contributed by atoms with Crippen LogP contribution >= 0.6 is 0 Å². The third-order valence-corrected chi connectivity index (χ3v) is 4.68. The molecule has 0 saturated carbocycles. The van der Waals surface area contributed by atoms with Gasteiger partial charge in [0.05, 0.1) is 6.61 Å². The van der Waals surface area contributed by atoms with Crippen LogP contribution in [-0.2, 0) is 0 Å². The second-order valence-corrected chi connectivity index (χ2v) is 6.87. The number of quaternary nitrogens is 2. The first kappa shape index (κ1) is 18.2. The Kier molecular flexibility index (Phi) is 6.84. The summed E-state index contributed by atoms with van der Waals surface area (Å²) in [5.41, 5.74) is 3.49. The van der Waals surface area contributed by atoms with Crippen molar-refractivity contribution in [2.75, 3.05) is 52.5 Å². The highest BCUT2D eigenvalue weighted by Gasteiger charge is 2.24. The summed E-state index contributed by atoms with van der Waals surface area (Å²) in [6, 6.07) is 4.23. The van der Waals surface area contributed by atoms with Crippen LogP contribution in [-0.4, -0.2) is 68.8 Å². The molecule has 1 fully saturated rings. The maximum absolute atomic E-state index is 10.3. The van der Waals surface area contributed by atoms with Gasteiger partial charge in [0.15, 0.2) is 0 Å². The third-order valence-electron chi connectivity index (χ3n) is 4.68. The fraction of sp³-hybridized carbons (Fsp3) is 0.667. The Morgan fingerprint density at radius 2 is 1.61 bits per heavy atom. The van der Waals surface area contributed by atoms with Crippen LogP contribution in [0.25, 0.3) is 0 Å². The van der Waals surface area contributed by atoms with Gasteiger partial charge in [-0.15, -0.1) is 0 Å². The first-order valence-electron chi connectivity index (χ1n) is 8.66. The fourth-order valence-electron chi connectivity index (χ4n) is 3.54. The average Bonchev–Trinajstić information content (AvgIpc) is 2.48. The Hall–Kier alpha value is -1.14. The van der Waals surface area contributed by atoms with Crippen molar-refractivity contribution in [1.29, 1.82) is 0 Å². The molecule has 0 unspecified atom stereocenters. The summed E-state index contributed by atoms with van der Waals surface area (Å²) in [6.07, 6.45) is -0.440. The minimum atomic E-state index is -0.440. The minimum Gasteiger partial charge on any atom is -0.490 e. The predicted molar refractivity (Wildman–Crippen MR) is 90.4 cm³/mol. The Morgan fingerprint density at radius 1 is 1.04 bits per heavy atom. The van der Waals surface area contributed by atoms with E-state index in [-0.39, 0.29) is 6.61 Å². The van der Waals surface area contributed by atoms with Crippen molar-refractivity contribution in [1.82, 2.24) is 0 Å². The quantitative estimate of drug-likeness (QED) is 0.475. The maximum Gasteiger partial charge on any atom is 0.137 e. The van der Waals surface area contributed by atoms with E-state index < -0.39 is 6.10 Å². The van der Waals surface area contributed by atoms with Crippen LogP contribution < -0.4 is 14.5 Å². The highest BCUT2D eigenvalue weighted by molar-refractivity contribution is 5.42. The molecule has 1 atom stereocenters. The number of ether oxygens (including phenoxy) is 1. The highest BCUT2D eigenvalue weighted by atomic mass is 16.5. The van der Waals surface area contributed by atoms with Gasteiger partial charge in [-0.1, -0.05) is 17.7 Å². The topological polar surface area (TPSA) is 58.6 Å². The number of piperazine rings is 1. The molecule has 1 aromatic rings. The van der Waals surface area contributed by atoms with Gasteiger partial charge in [-0.05, 0) is 31.9 Å². The van der Waals surface area contributed by atoms with Crippen molar-refractivity contribution in [2.24, 2.45) is 0 Å². The van der Waals surface area contributed by atoms with Crippen molar-refractivity contribution in [3.63, 3.8) is 0 Å². The van der Waals surface area contributed by atoms with Gasteiger partial charge in [0.25, 0.3) is 0 Å². The first-order chi connectivity index (χ1) is 11.0. The summed E-state index contributed by atoms with van der Waals surface area (Å²) in [4.78, 5) is 2.90. The van der Waals surface area contributed by atoms with E-state index in [4.69, 9.17) is 9.84 Å². The van der Waals surface area contributed by atoms with Gasteiger partial charge >= 0.3 is 0 Å². The van der Waals surface area contributed by atoms with Gasteiger partial charge in [0.1, 0.15) is 57.7 Å². The standard InChI is InChI=1S/C18H30N2O3/c1-14-10-15(2)18(16(3)11-14)23-13-17(22)12-20-6-4-19(5-7-20)8-9-21/h10-11,17,21-22H,4-9,12-13H2,1-3H3/p+2/t17-/m1/s1. The predicted octanol–water partition coefficient (Wildman–Crippen LogP) is -1.87. The van der Waals surface area contributed by atoms with Crippen molar-refractivity contribution in [3.8, 4) is 5.75 Å². The Morgan fingerprint density at radius 3 is 2.17 bits per heavy atom. The fourth-order valence-corrected chi connectivity index (χ4v) is 3.54. The Balaban J connectivity index is 1.77. The van der Waals surface area contributed by atoms with Crippen molar-refractivity contribution in [2.45, 2.75) is 26.9 Å². The smallest absolute Gasteiger partial charge is 0.137 e. The lowest BCUT2D eigenvalue weighted by Crippen LogP contribution is -3.28. The number of hydrogen-bond acceptors (Lipinski definition) is 3. The molecule has 5 nitrogen and oxygen atoms in total. The number of rotatable bonds is 7. The molecular formula is C18H32N2O3+2. The molecule has 1 aliphatic rings. The van der Waals surface area contributed by atoms with Crippen LogP contribution in [0.2, 0.25) is 0 Å². The summed E-state index contributed by atoms with van der Waals surface area (Å²) in [7, 11) is 0. The van der Waals surface area contributed by atoms with Gasteiger partial charge < -0.3 is 24.7 Å². The molecule has 1 heterocycles. The molecule has 0 aliphatic carbocycles. The summed E-state index contributed by atoms with van der Waals surface area (Å²) >= 11 is 0. The van der Waals surface area contributed by atoms with E-state index >= 15 is 0 Å². The number of aliphatic hydroxyl groups is 2. The summed E-state index contributed by atoms with van der Waals surface area (Å²) in [6.45, 7) is 12.6. The molecule has 0 spiro atoms. The lowest BCUT2D eigenvalue weighted by Gasteiger charge is -2.30. The van der Waals surface area contributed by atoms with Gasteiger partial charge in [-0.3, -0.25) is 0 Å². The SMILES string of the molecule is Cc1cc(C)c(OC[C@H](O)C[NH+]2CC[NH+](CCO)CC2)c(C)c1. The van der Waals surface area contributed by atoms with E-state index in [0.29, 0.717) is 6.61 Å². The largest absolute Gasteiger partial charge is 0.490 e. The zero-order valence-electron chi connectivity index (χ0n) is 14.7. The van der Waals surface area contributed by atoms with E-state index in [1.54, 1.807) is 0 Å². The van der Waals surface area contributed by atoms with E-state index in [9.17, 15) is 5.11 Å². The molecule has 23 heavy (non-hydrogen) atoms. The Bertz CT molecular complexity index is 476. The molecule has 0 bridgehead atoms. The van der Waals surface area contributed by atoms with E-state index in [1.807, 2.05) is 0 Å². The van der Waals surface area contributed by atoms with E-state index in [1.165, 1.54) is 15.4 Å². The zero-order valence-corrected chi connectivity index (χ0v) is 14.7. The normalized spacial score (nSPS) is 22.8. The third kappa shape index (κ3) is 5.46. The van der Waals surface area contributed by atoms with Crippen molar-refractivity contribution in [3.05, 3.63) is 28.8 Å². The number of aliphatic hydroxyl groups excluding tert-OH is 2.